The Balaban J connectivity index is 3.56. The Morgan fingerprint density at radius 1 is 0.500 bits per heavy atom. The molecule has 1 N–H and O–H groups in total. The van der Waals surface area contributed by atoms with Gasteiger partial charge in [-0.25, -0.2) is 0 Å². The molecule has 0 saturated carbocycles. The summed E-state index contributed by atoms with van der Waals surface area (Å²) in [4.78, 5) is 10.4. The highest BCUT2D eigenvalue weighted by Crippen LogP contribution is 1.98. The number of carboxylic acids is 1. The van der Waals surface area contributed by atoms with E-state index < -0.39 is 5.97 Å². The molecule has 0 aromatic heterocycles. The van der Waals surface area contributed by atoms with E-state index in [0.717, 1.165) is 51.4 Å². The highest BCUT2D eigenvalue weighted by Gasteiger charge is 1.90. The Labute approximate surface area is 184 Å². The van der Waals surface area contributed by atoms with Crippen LogP contribution < -0.4 is 0 Å². The Bertz CT molecular complexity index is 625. The highest BCUT2D eigenvalue weighted by molar-refractivity contribution is 5.66. The highest BCUT2D eigenvalue weighted by atomic mass is 16.4. The second-order valence-corrected chi connectivity index (χ2v) is 6.76. The maximum atomic E-state index is 10.4. The first kappa shape index (κ1) is 27.4. The van der Waals surface area contributed by atoms with Crippen LogP contribution in [0.15, 0.2) is 97.2 Å². The summed E-state index contributed by atoms with van der Waals surface area (Å²) in [5.41, 5.74) is 0. The van der Waals surface area contributed by atoms with Gasteiger partial charge in [-0.15, -0.1) is 0 Å². The predicted molar refractivity (Wildman–Crippen MR) is 133 cm³/mol. The maximum absolute atomic E-state index is 10.4. The SMILES string of the molecule is CC/C=C\C/C=C\C/C=C\C/C=C\C/C=C\C/C=C\C/C=C\C/C=C\CCC(=O)O. The molecule has 164 valence electrons. The smallest absolute Gasteiger partial charge is 0.303 e. The van der Waals surface area contributed by atoms with Crippen molar-refractivity contribution in [3.8, 4) is 0 Å². The Kier molecular flexibility index (Phi) is 22.3. The number of rotatable bonds is 18. The lowest BCUT2D eigenvalue weighted by atomic mass is 10.2. The minimum atomic E-state index is -0.743. The fourth-order valence-electron chi connectivity index (χ4n) is 2.39. The van der Waals surface area contributed by atoms with Crippen LogP contribution in [0.1, 0.15) is 71.1 Å². The monoisotopic (exact) mass is 408 g/mol. The molecule has 0 aromatic rings. The van der Waals surface area contributed by atoms with Gasteiger partial charge in [-0.1, -0.05) is 104 Å². The minimum absolute atomic E-state index is 0.207. The standard InChI is InChI=1S/C28H40O2/c1-2-3-4-5-6-7-8-9-10-11-12-13-14-15-16-17-18-19-20-21-22-23-24-25-26-27-28(29)30/h3-4,6-7,9-10,12-13,15-16,18-19,21-22,24-25H,2,5,8,11,14,17,20,23,26-27H2,1H3,(H,29,30)/b4-3-,7-6-,10-9-,13-12-,16-15-,19-18-,22-21-,25-24-. The van der Waals surface area contributed by atoms with E-state index in [1.54, 1.807) is 0 Å². The van der Waals surface area contributed by atoms with Gasteiger partial charge in [-0.3, -0.25) is 4.79 Å². The average molecular weight is 409 g/mol. The number of aliphatic carboxylic acids is 1. The van der Waals surface area contributed by atoms with Gasteiger partial charge in [0.25, 0.3) is 0 Å². The zero-order chi connectivity index (χ0) is 22.0. The normalized spacial score (nSPS) is 13.4. The molecule has 0 bridgehead atoms. The third-order valence-electron chi connectivity index (χ3n) is 4.00. The van der Waals surface area contributed by atoms with E-state index in [1.165, 1.54) is 0 Å². The lowest BCUT2D eigenvalue weighted by Gasteiger charge is -1.87. The van der Waals surface area contributed by atoms with Crippen molar-refractivity contribution in [1.82, 2.24) is 0 Å². The fourth-order valence-corrected chi connectivity index (χ4v) is 2.39. The summed E-state index contributed by atoms with van der Waals surface area (Å²) in [6.07, 6.45) is 43.4. The molecule has 0 aromatic carbocycles. The van der Waals surface area contributed by atoms with Crippen molar-refractivity contribution in [3.05, 3.63) is 97.2 Å². The quantitative estimate of drug-likeness (QED) is 0.231. The average Bonchev–Trinajstić information content (AvgIpc) is 2.73. The second-order valence-electron chi connectivity index (χ2n) is 6.76. The molecule has 2 heteroatoms. The van der Waals surface area contributed by atoms with Gasteiger partial charge in [0.1, 0.15) is 0 Å². The van der Waals surface area contributed by atoms with Gasteiger partial charge in [0.15, 0.2) is 0 Å². The molecule has 0 unspecified atom stereocenters. The summed E-state index contributed by atoms with van der Waals surface area (Å²) in [6.45, 7) is 2.15. The van der Waals surface area contributed by atoms with Crippen molar-refractivity contribution in [3.63, 3.8) is 0 Å². The lowest BCUT2D eigenvalue weighted by molar-refractivity contribution is -0.136. The number of hydrogen-bond donors (Lipinski definition) is 1. The molecule has 0 rings (SSSR count). The van der Waals surface area contributed by atoms with Crippen molar-refractivity contribution in [2.75, 3.05) is 0 Å². The molecule has 0 atom stereocenters. The third kappa shape index (κ3) is 25.4. The second kappa shape index (κ2) is 24.4. The first-order valence-corrected chi connectivity index (χ1v) is 11.2. The largest absolute Gasteiger partial charge is 0.481 e. The molecule has 0 saturated heterocycles. The molecule has 0 aliphatic rings. The van der Waals surface area contributed by atoms with Crippen molar-refractivity contribution in [2.24, 2.45) is 0 Å². The van der Waals surface area contributed by atoms with Crippen LogP contribution in [0.4, 0.5) is 0 Å². The van der Waals surface area contributed by atoms with Crippen LogP contribution in [-0.2, 0) is 4.79 Å². The van der Waals surface area contributed by atoms with Gasteiger partial charge in [0.2, 0.25) is 0 Å². The van der Waals surface area contributed by atoms with Gasteiger partial charge in [0.05, 0.1) is 0 Å². The van der Waals surface area contributed by atoms with E-state index in [-0.39, 0.29) is 6.42 Å². The number of hydrogen-bond acceptors (Lipinski definition) is 1. The summed E-state index contributed by atoms with van der Waals surface area (Å²) in [7, 11) is 0. The summed E-state index contributed by atoms with van der Waals surface area (Å²) >= 11 is 0. The van der Waals surface area contributed by atoms with Gasteiger partial charge >= 0.3 is 5.97 Å². The Morgan fingerprint density at radius 3 is 1.03 bits per heavy atom. The summed E-state index contributed by atoms with van der Waals surface area (Å²) < 4.78 is 0. The molecule has 0 heterocycles. The van der Waals surface area contributed by atoms with Crippen LogP contribution in [0, 0.1) is 0 Å². The van der Waals surface area contributed by atoms with Crippen LogP contribution in [0.3, 0.4) is 0 Å². The first-order chi connectivity index (χ1) is 14.8. The molecule has 0 radical (unpaired) electrons. The maximum Gasteiger partial charge on any atom is 0.303 e. The molecule has 0 aliphatic heterocycles. The summed E-state index contributed by atoms with van der Waals surface area (Å²) in [5.74, 6) is -0.743. The van der Waals surface area contributed by atoms with E-state index in [0.29, 0.717) is 6.42 Å². The Morgan fingerprint density at radius 2 is 0.767 bits per heavy atom. The zero-order valence-corrected chi connectivity index (χ0v) is 18.7. The predicted octanol–water partition coefficient (Wildman–Crippen LogP) is 8.44. The summed E-state index contributed by atoms with van der Waals surface area (Å²) in [5, 5.41) is 8.53. The zero-order valence-electron chi connectivity index (χ0n) is 18.7. The van der Waals surface area contributed by atoms with Crippen LogP contribution in [0.2, 0.25) is 0 Å². The van der Waals surface area contributed by atoms with Crippen molar-refractivity contribution in [1.29, 1.82) is 0 Å². The van der Waals surface area contributed by atoms with E-state index >= 15 is 0 Å². The van der Waals surface area contributed by atoms with Crippen LogP contribution in [-0.4, -0.2) is 11.1 Å². The first-order valence-electron chi connectivity index (χ1n) is 11.2. The van der Waals surface area contributed by atoms with Crippen molar-refractivity contribution < 1.29 is 9.90 Å². The van der Waals surface area contributed by atoms with Crippen molar-refractivity contribution >= 4 is 5.97 Å². The topological polar surface area (TPSA) is 37.3 Å². The molecule has 30 heavy (non-hydrogen) atoms. The van der Waals surface area contributed by atoms with E-state index in [4.69, 9.17) is 5.11 Å². The molecule has 0 fully saturated rings. The van der Waals surface area contributed by atoms with E-state index in [1.807, 2.05) is 12.2 Å². The Hall–Kier alpha value is -2.61. The van der Waals surface area contributed by atoms with Gasteiger partial charge in [0, 0.05) is 6.42 Å². The van der Waals surface area contributed by atoms with Crippen LogP contribution in [0.25, 0.3) is 0 Å². The van der Waals surface area contributed by atoms with Crippen LogP contribution in [0.5, 0.6) is 0 Å². The molecular formula is C28H40O2. The van der Waals surface area contributed by atoms with E-state index in [2.05, 4.69) is 92.0 Å². The van der Waals surface area contributed by atoms with E-state index in [9.17, 15) is 4.79 Å². The van der Waals surface area contributed by atoms with Gasteiger partial charge in [-0.05, 0) is 57.8 Å². The number of carbonyl (C=O) groups is 1. The molecule has 2 nitrogen and oxygen atoms in total. The summed E-state index contributed by atoms with van der Waals surface area (Å²) in [6, 6.07) is 0. The number of allylic oxidation sites excluding steroid dienone is 16. The van der Waals surface area contributed by atoms with Crippen LogP contribution >= 0.6 is 0 Å². The third-order valence-corrected chi connectivity index (χ3v) is 4.00. The molecule has 0 aliphatic carbocycles. The fraction of sp³-hybridized carbons (Fsp3) is 0.393. The lowest BCUT2D eigenvalue weighted by Crippen LogP contribution is -1.91. The molecule has 0 amide bonds. The number of carboxylic acid groups (broad SMARTS) is 1. The molecule has 0 spiro atoms. The van der Waals surface area contributed by atoms with Gasteiger partial charge < -0.3 is 5.11 Å². The van der Waals surface area contributed by atoms with Crippen molar-refractivity contribution in [2.45, 2.75) is 71.1 Å². The van der Waals surface area contributed by atoms with Gasteiger partial charge in [-0.2, -0.15) is 0 Å². The minimum Gasteiger partial charge on any atom is -0.481 e. The molecular weight excluding hydrogens is 368 g/mol.